The van der Waals surface area contributed by atoms with Crippen molar-refractivity contribution in [3.8, 4) is 0 Å². The Morgan fingerprint density at radius 1 is 1.21 bits per heavy atom. The van der Waals surface area contributed by atoms with E-state index in [2.05, 4.69) is 20.6 Å². The predicted octanol–water partition coefficient (Wildman–Crippen LogP) is 3.80. The van der Waals surface area contributed by atoms with Gasteiger partial charge in [0, 0.05) is 38.4 Å². The van der Waals surface area contributed by atoms with Crippen LogP contribution in [0.2, 0.25) is 0 Å². The van der Waals surface area contributed by atoms with Crippen LogP contribution in [-0.4, -0.2) is 31.1 Å². The van der Waals surface area contributed by atoms with Crippen LogP contribution in [0.1, 0.15) is 60.3 Å². The molecule has 38 heavy (non-hydrogen) atoms. The fourth-order valence-corrected chi connectivity index (χ4v) is 5.40. The molecule has 5 rings (SSSR count). The van der Waals surface area contributed by atoms with Gasteiger partial charge in [-0.3, -0.25) is 25.5 Å². The number of alkyl halides is 3. The number of imidazole rings is 1. The van der Waals surface area contributed by atoms with Crippen LogP contribution in [0.15, 0.2) is 49.1 Å². The van der Waals surface area contributed by atoms with Gasteiger partial charge in [0.15, 0.2) is 0 Å². The maximum Gasteiger partial charge on any atom is 0.418 e. The van der Waals surface area contributed by atoms with Gasteiger partial charge in [0.2, 0.25) is 11.5 Å². The Morgan fingerprint density at radius 3 is 2.66 bits per heavy atom. The van der Waals surface area contributed by atoms with Crippen molar-refractivity contribution >= 4 is 5.91 Å². The number of pyridine rings is 2. The van der Waals surface area contributed by atoms with Crippen molar-refractivity contribution in [1.82, 2.24) is 29.7 Å². The van der Waals surface area contributed by atoms with Crippen molar-refractivity contribution in [2.24, 2.45) is 18.9 Å². The summed E-state index contributed by atoms with van der Waals surface area (Å²) in [5, 5.41) is 14.6. The minimum absolute atomic E-state index is 0.106. The molecule has 4 atom stereocenters. The fraction of sp³-hybridized carbons (Fsp3) is 0.481. The third-order valence-corrected chi connectivity index (χ3v) is 7.51. The first-order chi connectivity index (χ1) is 18.1. The third-order valence-electron chi connectivity index (χ3n) is 7.51. The number of aromatic nitrogens is 4. The molecule has 3 aromatic rings. The number of carbonyl (C=O) groups excluding carboxylic acids is 1. The number of piperidine rings is 1. The molecule has 3 aromatic heterocycles. The van der Waals surface area contributed by atoms with E-state index in [0.717, 1.165) is 30.2 Å². The van der Waals surface area contributed by atoms with Crippen LogP contribution in [-0.2, 0) is 24.6 Å². The van der Waals surface area contributed by atoms with Gasteiger partial charge in [-0.05, 0) is 74.3 Å². The summed E-state index contributed by atoms with van der Waals surface area (Å²) in [7, 11) is 1.77. The zero-order valence-corrected chi connectivity index (χ0v) is 21.4. The summed E-state index contributed by atoms with van der Waals surface area (Å²) in [6.07, 6.45) is 4.83. The van der Waals surface area contributed by atoms with Crippen molar-refractivity contribution in [2.75, 3.05) is 0 Å². The first-order valence-electron chi connectivity index (χ1n) is 12.9. The molecular weight excluding hydrogens is 495 g/mol. The van der Waals surface area contributed by atoms with E-state index in [9.17, 15) is 18.0 Å². The highest BCUT2D eigenvalue weighted by Gasteiger charge is 2.41. The molecule has 202 valence electrons. The molecule has 1 saturated carbocycles. The van der Waals surface area contributed by atoms with Crippen molar-refractivity contribution in [1.29, 1.82) is 5.41 Å². The van der Waals surface area contributed by atoms with E-state index in [0.29, 0.717) is 25.3 Å². The van der Waals surface area contributed by atoms with Crippen molar-refractivity contribution in [3.63, 3.8) is 0 Å². The predicted molar refractivity (Wildman–Crippen MR) is 133 cm³/mol. The lowest BCUT2D eigenvalue weighted by molar-refractivity contribution is -0.139. The number of nitrogens with one attached hydrogen (secondary N) is 3. The normalized spacial score (nSPS) is 22.7. The molecule has 0 radical (unpaired) electrons. The summed E-state index contributed by atoms with van der Waals surface area (Å²) in [6.45, 7) is 2.39. The molecule has 8 nitrogen and oxygen atoms in total. The Kier molecular flexibility index (Phi) is 7.13. The summed E-state index contributed by atoms with van der Waals surface area (Å²) in [5.74, 6) is -0.108. The van der Waals surface area contributed by atoms with Gasteiger partial charge >= 0.3 is 6.18 Å². The second-order valence-corrected chi connectivity index (χ2v) is 10.5. The summed E-state index contributed by atoms with van der Waals surface area (Å²) < 4.78 is 45.0. The molecule has 11 heteroatoms. The summed E-state index contributed by atoms with van der Waals surface area (Å²) in [4.78, 5) is 22.2. The fourth-order valence-electron chi connectivity index (χ4n) is 5.40. The van der Waals surface area contributed by atoms with Gasteiger partial charge in [0.05, 0.1) is 35.1 Å². The number of hydrogen-bond acceptors (Lipinski definition) is 5. The van der Waals surface area contributed by atoms with E-state index in [-0.39, 0.29) is 29.2 Å². The average molecular weight is 528 g/mol. The van der Waals surface area contributed by atoms with Crippen LogP contribution >= 0.6 is 0 Å². The van der Waals surface area contributed by atoms with E-state index < -0.39 is 23.8 Å². The zero-order chi connectivity index (χ0) is 27.0. The minimum atomic E-state index is -4.56. The SMILES string of the molecule is Cc1ccnc(C(NC(=O)C2CC(Cn3ccn(C)c3=N)CC(c3ncccc3C(F)(F)F)N2)C2CC2)c1. The van der Waals surface area contributed by atoms with Gasteiger partial charge in [-0.1, -0.05) is 0 Å². The molecule has 1 aliphatic carbocycles. The van der Waals surface area contributed by atoms with Gasteiger partial charge in [0.25, 0.3) is 0 Å². The van der Waals surface area contributed by atoms with Gasteiger partial charge in [-0.15, -0.1) is 0 Å². The van der Waals surface area contributed by atoms with Crippen molar-refractivity contribution < 1.29 is 18.0 Å². The van der Waals surface area contributed by atoms with Gasteiger partial charge in [0.1, 0.15) is 0 Å². The first kappa shape index (κ1) is 26.1. The Morgan fingerprint density at radius 2 is 2.00 bits per heavy atom. The second kappa shape index (κ2) is 10.4. The topological polar surface area (TPSA) is 101 Å². The standard InChI is InChI=1S/C27H32F3N7O/c1-16-7-9-32-20(12-16)23(18-5-6-18)35-25(38)22-14-17(15-37-11-10-36(2)26(37)31)13-21(34-22)24-19(27(28,29)30)4-3-8-33-24/h3-4,7-12,17-18,21-23,31,34H,5-6,13-15H2,1-2H3,(H,35,38). The molecule has 0 spiro atoms. The summed E-state index contributed by atoms with van der Waals surface area (Å²) in [5.41, 5.74) is 1.23. The molecule has 4 unspecified atom stereocenters. The molecule has 2 fully saturated rings. The molecule has 0 bridgehead atoms. The van der Waals surface area contributed by atoms with E-state index in [4.69, 9.17) is 5.41 Å². The van der Waals surface area contributed by atoms with E-state index in [1.54, 1.807) is 34.8 Å². The molecule has 1 aliphatic heterocycles. The molecule has 4 heterocycles. The van der Waals surface area contributed by atoms with Crippen LogP contribution in [0.4, 0.5) is 13.2 Å². The van der Waals surface area contributed by atoms with Crippen molar-refractivity contribution in [3.05, 3.63) is 77.2 Å². The van der Waals surface area contributed by atoms with Gasteiger partial charge in [-0.25, -0.2) is 0 Å². The Hall–Kier alpha value is -3.47. The Balaban J connectivity index is 1.43. The summed E-state index contributed by atoms with van der Waals surface area (Å²) in [6, 6.07) is 4.45. The molecular formula is C27H32F3N7O. The van der Waals surface area contributed by atoms with Crippen LogP contribution in [0.5, 0.6) is 0 Å². The van der Waals surface area contributed by atoms with Crippen molar-refractivity contribution in [2.45, 2.75) is 63.5 Å². The number of nitrogens with zero attached hydrogens (tertiary/aromatic N) is 4. The number of amides is 1. The van der Waals surface area contributed by atoms with Crippen LogP contribution < -0.4 is 16.3 Å². The number of rotatable bonds is 7. The quantitative estimate of drug-likeness (QED) is 0.435. The maximum atomic E-state index is 13.9. The van der Waals surface area contributed by atoms with Crippen LogP contribution in [0.25, 0.3) is 0 Å². The number of hydrogen-bond donors (Lipinski definition) is 3. The lowest BCUT2D eigenvalue weighted by Crippen LogP contribution is -2.52. The number of halogens is 3. The summed E-state index contributed by atoms with van der Waals surface area (Å²) >= 11 is 0. The third kappa shape index (κ3) is 5.67. The molecule has 3 N–H and O–H groups in total. The number of aryl methyl sites for hydroxylation is 2. The smallest absolute Gasteiger partial charge is 0.346 e. The minimum Gasteiger partial charge on any atom is -0.346 e. The second-order valence-electron chi connectivity index (χ2n) is 10.5. The van der Waals surface area contributed by atoms with E-state index >= 15 is 0 Å². The maximum absolute atomic E-state index is 13.9. The van der Waals surface area contributed by atoms with Crippen LogP contribution in [0, 0.1) is 24.2 Å². The average Bonchev–Trinajstić information content (AvgIpc) is 3.68. The molecule has 1 amide bonds. The van der Waals surface area contributed by atoms with Gasteiger partial charge in [-0.2, -0.15) is 13.2 Å². The van der Waals surface area contributed by atoms with E-state index in [1.165, 1.54) is 12.3 Å². The van der Waals surface area contributed by atoms with Gasteiger partial charge < -0.3 is 14.5 Å². The molecule has 2 aliphatic rings. The Bertz CT molecular complexity index is 1360. The lowest BCUT2D eigenvalue weighted by atomic mass is 9.84. The molecule has 1 saturated heterocycles. The monoisotopic (exact) mass is 527 g/mol. The van der Waals surface area contributed by atoms with E-state index in [1.807, 2.05) is 19.1 Å². The lowest BCUT2D eigenvalue weighted by Gasteiger charge is -2.37. The zero-order valence-electron chi connectivity index (χ0n) is 21.4. The first-order valence-corrected chi connectivity index (χ1v) is 12.9. The highest BCUT2D eigenvalue weighted by Crippen LogP contribution is 2.41. The molecule has 0 aromatic carbocycles. The highest BCUT2D eigenvalue weighted by molar-refractivity contribution is 5.82. The highest BCUT2D eigenvalue weighted by atomic mass is 19.4. The Labute approximate surface area is 218 Å². The number of carbonyl (C=O) groups is 1. The van der Waals surface area contributed by atoms with Crippen LogP contribution in [0.3, 0.4) is 0 Å². The largest absolute Gasteiger partial charge is 0.418 e.